The Labute approximate surface area is 151 Å². The molecular weight excluding hydrogens is 361 g/mol. The lowest BCUT2D eigenvalue weighted by Gasteiger charge is -2.09. The number of hydrogen-bond donors (Lipinski definition) is 1. The molecule has 1 aliphatic carbocycles. The number of fused-ring (bicyclic) bond motifs is 3. The predicted molar refractivity (Wildman–Crippen MR) is 97.3 cm³/mol. The Morgan fingerprint density at radius 3 is 2.77 bits per heavy atom. The zero-order valence-electron chi connectivity index (χ0n) is 13.7. The van der Waals surface area contributed by atoms with E-state index >= 15 is 0 Å². The van der Waals surface area contributed by atoms with Crippen molar-refractivity contribution in [1.29, 1.82) is 0 Å². The monoisotopic (exact) mass is 376 g/mol. The van der Waals surface area contributed by atoms with Gasteiger partial charge in [-0.25, -0.2) is 4.98 Å². The Morgan fingerprint density at radius 1 is 1.15 bits per heavy atom. The summed E-state index contributed by atoms with van der Waals surface area (Å²) in [6, 6.07) is 5.03. The molecule has 134 valence electrons. The quantitative estimate of drug-likeness (QED) is 0.680. The molecule has 0 saturated carbocycles. The number of thiophene rings is 1. The Bertz CT molecular complexity index is 1060. The van der Waals surface area contributed by atoms with E-state index in [-0.39, 0.29) is 5.56 Å². The highest BCUT2D eigenvalue weighted by Gasteiger charge is 2.30. The van der Waals surface area contributed by atoms with Crippen LogP contribution in [0.3, 0.4) is 0 Å². The van der Waals surface area contributed by atoms with Gasteiger partial charge in [0.25, 0.3) is 5.56 Å². The van der Waals surface area contributed by atoms with Crippen LogP contribution in [0, 0.1) is 0 Å². The number of alkyl halides is 3. The van der Waals surface area contributed by atoms with Gasteiger partial charge in [-0.15, -0.1) is 11.3 Å². The first-order valence-corrected chi connectivity index (χ1v) is 9.13. The number of benzene rings is 1. The van der Waals surface area contributed by atoms with Gasteiger partial charge in [0.1, 0.15) is 10.7 Å². The average molecular weight is 376 g/mol. The highest BCUT2D eigenvalue weighted by Crippen LogP contribution is 2.33. The minimum absolute atomic E-state index is 0.182. The minimum Gasteiger partial charge on any atom is -0.306 e. The maximum absolute atomic E-state index is 12.8. The maximum Gasteiger partial charge on any atom is 0.416 e. The number of nitrogens with zero attached hydrogens (tertiary/aromatic N) is 1. The normalized spacial score (nSPS) is 14.9. The molecule has 1 aliphatic rings. The van der Waals surface area contributed by atoms with Crippen LogP contribution >= 0.6 is 11.3 Å². The fourth-order valence-corrected chi connectivity index (χ4v) is 4.52. The summed E-state index contributed by atoms with van der Waals surface area (Å²) in [7, 11) is 0. The molecule has 3 nitrogen and oxygen atoms in total. The fourth-order valence-electron chi connectivity index (χ4n) is 3.25. The van der Waals surface area contributed by atoms with Gasteiger partial charge in [-0.05, 0) is 55.0 Å². The van der Waals surface area contributed by atoms with Crippen molar-refractivity contribution in [2.75, 3.05) is 0 Å². The lowest BCUT2D eigenvalue weighted by Crippen LogP contribution is -2.11. The maximum atomic E-state index is 12.8. The number of halogens is 3. The summed E-state index contributed by atoms with van der Waals surface area (Å²) < 4.78 is 38.4. The fraction of sp³-hybridized carbons (Fsp3) is 0.263. The van der Waals surface area contributed by atoms with Gasteiger partial charge in [0.05, 0.1) is 10.9 Å². The number of hydrogen-bond acceptors (Lipinski definition) is 3. The molecule has 7 heteroatoms. The number of nitrogens with one attached hydrogen (secondary N) is 1. The highest BCUT2D eigenvalue weighted by atomic mass is 32.1. The van der Waals surface area contributed by atoms with Gasteiger partial charge < -0.3 is 4.98 Å². The van der Waals surface area contributed by atoms with Gasteiger partial charge in [0.15, 0.2) is 0 Å². The molecule has 0 unspecified atom stereocenters. The summed E-state index contributed by atoms with van der Waals surface area (Å²) in [5.74, 6) is 0.346. The summed E-state index contributed by atoms with van der Waals surface area (Å²) in [5, 5.41) is 0.668. The van der Waals surface area contributed by atoms with E-state index in [1.54, 1.807) is 17.4 Å². The average Bonchev–Trinajstić information content (AvgIpc) is 2.98. The van der Waals surface area contributed by atoms with E-state index in [9.17, 15) is 18.0 Å². The molecule has 0 amide bonds. The van der Waals surface area contributed by atoms with E-state index in [0.29, 0.717) is 21.6 Å². The molecule has 4 rings (SSSR count). The van der Waals surface area contributed by atoms with Crippen molar-refractivity contribution in [2.24, 2.45) is 0 Å². The molecule has 3 aromatic rings. The summed E-state index contributed by atoms with van der Waals surface area (Å²) in [4.78, 5) is 21.6. The summed E-state index contributed by atoms with van der Waals surface area (Å²) in [5.41, 5.74) is 0.618. The predicted octanol–water partition coefficient (Wildman–Crippen LogP) is 5.05. The molecule has 0 spiro atoms. The van der Waals surface area contributed by atoms with Gasteiger partial charge in [-0.3, -0.25) is 4.79 Å². The van der Waals surface area contributed by atoms with Gasteiger partial charge in [0.2, 0.25) is 0 Å². The van der Waals surface area contributed by atoms with Crippen molar-refractivity contribution in [2.45, 2.75) is 31.9 Å². The summed E-state index contributed by atoms with van der Waals surface area (Å²) >= 11 is 1.54. The topological polar surface area (TPSA) is 45.8 Å². The van der Waals surface area contributed by atoms with Crippen molar-refractivity contribution in [3.8, 4) is 0 Å². The van der Waals surface area contributed by atoms with Crippen LogP contribution in [0.1, 0.15) is 40.2 Å². The van der Waals surface area contributed by atoms with Crippen LogP contribution in [0.15, 0.2) is 29.1 Å². The van der Waals surface area contributed by atoms with Crippen LogP contribution in [-0.4, -0.2) is 9.97 Å². The van der Waals surface area contributed by atoms with Crippen LogP contribution in [0.5, 0.6) is 0 Å². The van der Waals surface area contributed by atoms with Crippen molar-refractivity contribution in [3.63, 3.8) is 0 Å². The molecular formula is C19H15F3N2OS. The van der Waals surface area contributed by atoms with Crippen LogP contribution in [0.25, 0.3) is 22.4 Å². The molecule has 0 bridgehead atoms. The van der Waals surface area contributed by atoms with Crippen LogP contribution in [-0.2, 0) is 19.0 Å². The number of aryl methyl sites for hydroxylation is 2. The smallest absolute Gasteiger partial charge is 0.306 e. The van der Waals surface area contributed by atoms with E-state index in [4.69, 9.17) is 0 Å². The third kappa shape index (κ3) is 3.19. The van der Waals surface area contributed by atoms with Crippen molar-refractivity contribution in [3.05, 3.63) is 62.0 Å². The van der Waals surface area contributed by atoms with Gasteiger partial charge in [-0.2, -0.15) is 13.2 Å². The first kappa shape index (κ1) is 17.0. The second kappa shape index (κ2) is 6.39. The second-order valence-corrected chi connectivity index (χ2v) is 7.38. The van der Waals surface area contributed by atoms with E-state index in [0.717, 1.165) is 43.4 Å². The summed E-state index contributed by atoms with van der Waals surface area (Å²) in [6.45, 7) is 0. The molecule has 0 atom stereocenters. The molecule has 2 heterocycles. The van der Waals surface area contributed by atoms with Crippen molar-refractivity contribution >= 4 is 33.7 Å². The number of rotatable bonds is 2. The minimum atomic E-state index is -4.38. The largest absolute Gasteiger partial charge is 0.416 e. The molecule has 1 N–H and O–H groups in total. The molecule has 0 aliphatic heterocycles. The second-order valence-electron chi connectivity index (χ2n) is 6.30. The third-order valence-electron chi connectivity index (χ3n) is 4.49. The SMILES string of the molecule is O=c1[nH]c(C=Cc2cccc(C(F)(F)F)c2)nc2sc3c(c12)CCCC3. The summed E-state index contributed by atoms with van der Waals surface area (Å²) in [6.07, 6.45) is 2.76. The Hall–Kier alpha value is -2.41. The molecule has 2 aromatic heterocycles. The Morgan fingerprint density at radius 2 is 1.96 bits per heavy atom. The molecule has 0 saturated heterocycles. The van der Waals surface area contributed by atoms with Crippen molar-refractivity contribution in [1.82, 2.24) is 9.97 Å². The Kier molecular flexibility index (Phi) is 4.19. The van der Waals surface area contributed by atoms with Crippen LogP contribution < -0.4 is 5.56 Å². The molecule has 0 radical (unpaired) electrons. The van der Waals surface area contributed by atoms with E-state index in [1.165, 1.54) is 23.1 Å². The lowest BCUT2D eigenvalue weighted by molar-refractivity contribution is -0.137. The third-order valence-corrected chi connectivity index (χ3v) is 5.68. The van der Waals surface area contributed by atoms with Crippen LogP contribution in [0.4, 0.5) is 13.2 Å². The van der Waals surface area contributed by atoms with Crippen molar-refractivity contribution < 1.29 is 13.2 Å². The zero-order valence-corrected chi connectivity index (χ0v) is 14.5. The number of aromatic nitrogens is 2. The number of H-pyrrole nitrogens is 1. The van der Waals surface area contributed by atoms with Gasteiger partial charge in [0, 0.05) is 4.88 Å². The molecule has 0 fully saturated rings. The van der Waals surface area contributed by atoms with Gasteiger partial charge >= 0.3 is 6.18 Å². The zero-order chi connectivity index (χ0) is 18.3. The first-order chi connectivity index (χ1) is 12.4. The molecule has 1 aromatic carbocycles. The highest BCUT2D eigenvalue weighted by molar-refractivity contribution is 7.18. The van der Waals surface area contributed by atoms with E-state index in [1.807, 2.05) is 0 Å². The van der Waals surface area contributed by atoms with Crippen LogP contribution in [0.2, 0.25) is 0 Å². The first-order valence-electron chi connectivity index (χ1n) is 8.32. The molecule has 26 heavy (non-hydrogen) atoms. The van der Waals surface area contributed by atoms with E-state index in [2.05, 4.69) is 9.97 Å². The Balaban J connectivity index is 1.70. The van der Waals surface area contributed by atoms with E-state index < -0.39 is 11.7 Å². The standard InChI is InChI=1S/C19H15F3N2OS/c20-19(21,22)12-5-3-4-11(10-12)8-9-15-23-17(25)16-13-6-1-2-7-14(13)26-18(16)24-15/h3-5,8-10H,1-2,6-7H2,(H,23,24,25). The lowest BCUT2D eigenvalue weighted by atomic mass is 9.97. The van der Waals surface area contributed by atoms with Gasteiger partial charge in [-0.1, -0.05) is 18.2 Å². The number of aromatic amines is 1.